The number of halogens is 2. The van der Waals surface area contributed by atoms with Crippen molar-refractivity contribution >= 4 is 17.3 Å². The molecule has 0 atom stereocenters. The normalized spacial score (nSPS) is 10.3. The smallest absolute Gasteiger partial charge is 0.259 e. The Morgan fingerprint density at radius 3 is 2.42 bits per heavy atom. The van der Waals surface area contributed by atoms with Gasteiger partial charge in [-0.2, -0.15) is 0 Å². The highest BCUT2D eigenvalue weighted by atomic mass is 19.1. The first kappa shape index (κ1) is 12.9. The maximum absolute atomic E-state index is 13.0. The number of amides is 1. The molecule has 0 aliphatic rings. The fourth-order valence-electron chi connectivity index (χ4n) is 1.60. The third-order valence-corrected chi connectivity index (χ3v) is 2.44. The Morgan fingerprint density at radius 1 is 1.21 bits per heavy atom. The maximum atomic E-state index is 13.0. The van der Waals surface area contributed by atoms with E-state index < -0.39 is 17.5 Å². The molecule has 2 rings (SSSR count). The largest absolute Gasteiger partial charge is 0.398 e. The van der Waals surface area contributed by atoms with Gasteiger partial charge in [0, 0.05) is 29.3 Å². The van der Waals surface area contributed by atoms with Gasteiger partial charge >= 0.3 is 0 Å². The highest BCUT2D eigenvalue weighted by molar-refractivity contribution is 6.07. The van der Waals surface area contributed by atoms with Gasteiger partial charge in [0.05, 0.1) is 5.56 Å². The van der Waals surface area contributed by atoms with E-state index in [0.717, 1.165) is 18.2 Å². The van der Waals surface area contributed by atoms with E-state index in [1.54, 1.807) is 13.0 Å². The van der Waals surface area contributed by atoms with Crippen molar-refractivity contribution in [1.82, 2.24) is 4.98 Å². The molecule has 1 heterocycles. The number of rotatable bonds is 2. The molecule has 2 aromatic rings. The Kier molecular flexibility index (Phi) is 3.41. The Bertz CT molecular complexity index is 624. The molecule has 0 fully saturated rings. The van der Waals surface area contributed by atoms with Gasteiger partial charge in [-0.15, -0.1) is 0 Å². The monoisotopic (exact) mass is 263 g/mol. The Balaban J connectivity index is 2.25. The van der Waals surface area contributed by atoms with Crippen molar-refractivity contribution in [3.8, 4) is 0 Å². The number of nitrogens with two attached hydrogens (primary N) is 1. The predicted octanol–water partition coefficient (Wildman–Crippen LogP) is 2.50. The van der Waals surface area contributed by atoms with Crippen LogP contribution in [0, 0.1) is 18.6 Å². The van der Waals surface area contributed by atoms with Crippen LogP contribution in [0.2, 0.25) is 0 Å². The molecule has 4 nitrogen and oxygen atoms in total. The summed E-state index contributed by atoms with van der Waals surface area (Å²) in [6.07, 6.45) is 1.32. The standard InChI is InChI=1S/C13H11F2N3O/c1-7-2-12(16)11(6-17-7)13(19)18-10-4-8(14)3-9(15)5-10/h2-6H,1H3,(H2,16,17)(H,18,19). The number of aryl methyl sites for hydroxylation is 1. The molecule has 0 saturated heterocycles. The van der Waals surface area contributed by atoms with Crippen molar-refractivity contribution < 1.29 is 13.6 Å². The van der Waals surface area contributed by atoms with Crippen molar-refractivity contribution in [2.75, 3.05) is 11.1 Å². The number of aromatic nitrogens is 1. The number of nitrogens with zero attached hydrogens (tertiary/aromatic N) is 1. The molecule has 0 saturated carbocycles. The SMILES string of the molecule is Cc1cc(N)c(C(=O)Nc2cc(F)cc(F)c2)cn1. The number of anilines is 2. The van der Waals surface area contributed by atoms with Gasteiger partial charge in [0.2, 0.25) is 0 Å². The lowest BCUT2D eigenvalue weighted by molar-refractivity contribution is 0.102. The van der Waals surface area contributed by atoms with Crippen molar-refractivity contribution in [3.63, 3.8) is 0 Å². The van der Waals surface area contributed by atoms with Gasteiger partial charge in [0.25, 0.3) is 5.91 Å². The highest BCUT2D eigenvalue weighted by Gasteiger charge is 2.11. The summed E-state index contributed by atoms with van der Waals surface area (Å²) in [5.41, 5.74) is 6.78. The van der Waals surface area contributed by atoms with Crippen LogP contribution in [0.5, 0.6) is 0 Å². The van der Waals surface area contributed by atoms with E-state index in [-0.39, 0.29) is 16.9 Å². The molecule has 1 amide bonds. The number of nitrogens with one attached hydrogen (secondary N) is 1. The molecule has 6 heteroatoms. The number of benzene rings is 1. The van der Waals surface area contributed by atoms with Crippen LogP contribution in [-0.2, 0) is 0 Å². The van der Waals surface area contributed by atoms with Crippen LogP contribution in [-0.4, -0.2) is 10.9 Å². The number of pyridine rings is 1. The number of hydrogen-bond acceptors (Lipinski definition) is 3. The van der Waals surface area contributed by atoms with E-state index in [1.165, 1.54) is 6.20 Å². The Hall–Kier alpha value is -2.50. The average Bonchev–Trinajstić information content (AvgIpc) is 2.26. The summed E-state index contributed by atoms with van der Waals surface area (Å²) in [5, 5.41) is 2.36. The van der Waals surface area contributed by atoms with Gasteiger partial charge in [-0.05, 0) is 25.1 Å². The summed E-state index contributed by atoms with van der Waals surface area (Å²) in [6.45, 7) is 1.74. The van der Waals surface area contributed by atoms with E-state index in [4.69, 9.17) is 5.73 Å². The van der Waals surface area contributed by atoms with E-state index in [0.29, 0.717) is 5.69 Å². The van der Waals surface area contributed by atoms with Gasteiger partial charge in [-0.3, -0.25) is 9.78 Å². The quantitative estimate of drug-likeness (QED) is 0.874. The molecule has 3 N–H and O–H groups in total. The van der Waals surface area contributed by atoms with E-state index in [1.807, 2.05) is 0 Å². The van der Waals surface area contributed by atoms with Crippen molar-refractivity contribution in [2.24, 2.45) is 0 Å². The number of hydrogen-bond donors (Lipinski definition) is 2. The number of carbonyl (C=O) groups is 1. The molecule has 19 heavy (non-hydrogen) atoms. The molecule has 0 spiro atoms. The minimum Gasteiger partial charge on any atom is -0.398 e. The molecule has 0 aliphatic heterocycles. The number of carbonyl (C=O) groups excluding carboxylic acids is 1. The molecule has 0 unspecified atom stereocenters. The average molecular weight is 263 g/mol. The third kappa shape index (κ3) is 3.04. The molecule has 1 aromatic heterocycles. The van der Waals surface area contributed by atoms with Crippen LogP contribution in [0.4, 0.5) is 20.2 Å². The minimum absolute atomic E-state index is 0.0162. The van der Waals surface area contributed by atoms with Crippen molar-refractivity contribution in [3.05, 3.63) is 53.4 Å². The first-order valence-corrected chi connectivity index (χ1v) is 5.45. The van der Waals surface area contributed by atoms with E-state index >= 15 is 0 Å². The Morgan fingerprint density at radius 2 is 1.84 bits per heavy atom. The van der Waals surface area contributed by atoms with Crippen molar-refractivity contribution in [2.45, 2.75) is 6.92 Å². The van der Waals surface area contributed by atoms with Gasteiger partial charge in [0.1, 0.15) is 11.6 Å². The van der Waals surface area contributed by atoms with Crippen LogP contribution in [0.25, 0.3) is 0 Å². The molecule has 1 aromatic carbocycles. The second-order valence-electron chi connectivity index (χ2n) is 4.03. The summed E-state index contributed by atoms with van der Waals surface area (Å²) in [5.74, 6) is -2.12. The first-order valence-electron chi connectivity index (χ1n) is 5.45. The highest BCUT2D eigenvalue weighted by Crippen LogP contribution is 2.16. The van der Waals surface area contributed by atoms with E-state index in [9.17, 15) is 13.6 Å². The lowest BCUT2D eigenvalue weighted by Crippen LogP contribution is -2.15. The number of nitrogen functional groups attached to an aromatic ring is 1. The van der Waals surface area contributed by atoms with Gasteiger partial charge in [0.15, 0.2) is 0 Å². The summed E-state index contributed by atoms with van der Waals surface area (Å²) in [7, 11) is 0. The molecule has 98 valence electrons. The zero-order chi connectivity index (χ0) is 14.0. The molecular weight excluding hydrogens is 252 g/mol. The zero-order valence-electron chi connectivity index (χ0n) is 10.1. The van der Waals surface area contributed by atoms with Crippen LogP contribution >= 0.6 is 0 Å². The molecular formula is C13H11F2N3O. The van der Waals surface area contributed by atoms with Gasteiger partial charge in [-0.1, -0.05) is 0 Å². The molecule has 0 radical (unpaired) electrons. The predicted molar refractivity (Wildman–Crippen MR) is 67.7 cm³/mol. The fourth-order valence-corrected chi connectivity index (χ4v) is 1.60. The molecule has 0 aliphatic carbocycles. The summed E-state index contributed by atoms with van der Waals surface area (Å²) in [6, 6.07) is 4.29. The molecule has 0 bridgehead atoms. The lowest BCUT2D eigenvalue weighted by Gasteiger charge is -2.08. The van der Waals surface area contributed by atoms with Crippen LogP contribution in [0.15, 0.2) is 30.5 Å². The minimum atomic E-state index is -0.773. The summed E-state index contributed by atoms with van der Waals surface area (Å²) in [4.78, 5) is 15.8. The van der Waals surface area contributed by atoms with Crippen molar-refractivity contribution in [1.29, 1.82) is 0 Å². The third-order valence-electron chi connectivity index (χ3n) is 2.44. The Labute approximate surface area is 108 Å². The lowest BCUT2D eigenvalue weighted by atomic mass is 10.2. The summed E-state index contributed by atoms with van der Waals surface area (Å²) < 4.78 is 26.0. The zero-order valence-corrected chi connectivity index (χ0v) is 10.1. The maximum Gasteiger partial charge on any atom is 0.259 e. The fraction of sp³-hybridized carbons (Fsp3) is 0.0769. The van der Waals surface area contributed by atoms with E-state index in [2.05, 4.69) is 10.3 Å². The second kappa shape index (κ2) is 5.01. The van der Waals surface area contributed by atoms with Crippen LogP contribution < -0.4 is 11.1 Å². The summed E-state index contributed by atoms with van der Waals surface area (Å²) >= 11 is 0. The van der Waals surface area contributed by atoms with Crippen LogP contribution in [0.3, 0.4) is 0 Å². The topological polar surface area (TPSA) is 68.0 Å². The van der Waals surface area contributed by atoms with Crippen LogP contribution in [0.1, 0.15) is 16.1 Å². The van der Waals surface area contributed by atoms with Gasteiger partial charge < -0.3 is 11.1 Å². The first-order chi connectivity index (χ1) is 8.95. The van der Waals surface area contributed by atoms with Gasteiger partial charge in [-0.25, -0.2) is 8.78 Å². The second-order valence-corrected chi connectivity index (χ2v) is 4.03.